The third-order valence-electron chi connectivity index (χ3n) is 6.01. The number of nitrogens with one attached hydrogen (secondary N) is 1. The Morgan fingerprint density at radius 3 is 2.82 bits per heavy atom. The number of fused-ring (bicyclic) bond motifs is 1. The summed E-state index contributed by atoms with van der Waals surface area (Å²) in [6, 6.07) is 0.0250. The SMILES string of the molecule is CCN(C(=O)NCCc1cn(C)cn1)C(=O)[C@@H]1C[C@@H]2CC(=O)CC[C@H]2N(C)C1. The number of likely N-dealkylation sites (tertiary alicyclic amines) is 1. The van der Waals surface area contributed by atoms with E-state index in [2.05, 4.69) is 15.2 Å². The number of aromatic nitrogens is 2. The summed E-state index contributed by atoms with van der Waals surface area (Å²) < 4.78 is 1.86. The standard InChI is InChI=1S/C20H31N5O3/c1-4-25(20(28)21-8-7-16-12-23(2)13-22-16)19(27)15-9-14-10-17(26)5-6-18(14)24(3)11-15/h12-15,18H,4-11H2,1-3H3,(H,21,28)/t14-,15-,18-/m1/s1. The van der Waals surface area contributed by atoms with Gasteiger partial charge in [-0.25, -0.2) is 9.78 Å². The number of ketones is 1. The molecule has 1 aliphatic carbocycles. The first kappa shape index (κ1) is 20.5. The lowest BCUT2D eigenvalue weighted by Gasteiger charge is -2.45. The maximum atomic E-state index is 13.0. The highest BCUT2D eigenvalue weighted by Gasteiger charge is 2.41. The molecule has 0 bridgehead atoms. The van der Waals surface area contributed by atoms with Crippen LogP contribution in [-0.2, 0) is 23.1 Å². The quantitative estimate of drug-likeness (QED) is 0.818. The van der Waals surface area contributed by atoms with Crippen LogP contribution in [0.3, 0.4) is 0 Å². The minimum Gasteiger partial charge on any atom is -0.340 e. The second-order valence-corrected chi connectivity index (χ2v) is 8.08. The fourth-order valence-corrected chi connectivity index (χ4v) is 4.61. The number of aryl methyl sites for hydroxylation is 1. The Kier molecular flexibility index (Phi) is 6.49. The summed E-state index contributed by atoms with van der Waals surface area (Å²) in [5, 5.41) is 2.84. The molecule has 1 aliphatic heterocycles. The van der Waals surface area contributed by atoms with Gasteiger partial charge >= 0.3 is 6.03 Å². The van der Waals surface area contributed by atoms with Crippen LogP contribution in [0.25, 0.3) is 0 Å². The van der Waals surface area contributed by atoms with Crippen molar-refractivity contribution in [2.45, 2.75) is 45.1 Å². The van der Waals surface area contributed by atoms with Crippen molar-refractivity contribution in [3.63, 3.8) is 0 Å². The van der Waals surface area contributed by atoms with Gasteiger partial charge in [0.2, 0.25) is 5.91 Å². The number of carbonyl (C=O) groups excluding carboxylic acids is 3. The molecule has 0 radical (unpaired) electrons. The Morgan fingerprint density at radius 1 is 1.36 bits per heavy atom. The van der Waals surface area contributed by atoms with Gasteiger partial charge in [0.25, 0.3) is 0 Å². The fourth-order valence-electron chi connectivity index (χ4n) is 4.61. The number of rotatable bonds is 5. The number of urea groups is 1. The molecular formula is C20H31N5O3. The Hall–Kier alpha value is -2.22. The van der Waals surface area contributed by atoms with E-state index >= 15 is 0 Å². The maximum absolute atomic E-state index is 13.0. The van der Waals surface area contributed by atoms with Gasteiger partial charge in [0.1, 0.15) is 5.78 Å². The molecule has 8 nitrogen and oxygen atoms in total. The zero-order valence-electron chi connectivity index (χ0n) is 17.1. The van der Waals surface area contributed by atoms with E-state index in [0.717, 1.165) is 12.1 Å². The molecule has 0 aromatic carbocycles. The highest BCUT2D eigenvalue weighted by atomic mass is 16.2. The molecule has 2 heterocycles. The first-order valence-corrected chi connectivity index (χ1v) is 10.2. The maximum Gasteiger partial charge on any atom is 0.324 e. The lowest BCUT2D eigenvalue weighted by Crippen LogP contribution is -2.55. The second-order valence-electron chi connectivity index (χ2n) is 8.08. The molecule has 1 aromatic heterocycles. The van der Waals surface area contributed by atoms with Crippen molar-refractivity contribution in [3.05, 3.63) is 18.2 Å². The van der Waals surface area contributed by atoms with Gasteiger partial charge in [0.15, 0.2) is 0 Å². The Balaban J connectivity index is 1.56. The number of carbonyl (C=O) groups is 3. The molecule has 0 spiro atoms. The molecule has 1 aromatic rings. The van der Waals surface area contributed by atoms with Crippen LogP contribution in [0.5, 0.6) is 0 Å². The van der Waals surface area contributed by atoms with Gasteiger partial charge in [-0.2, -0.15) is 0 Å². The molecule has 1 saturated heterocycles. The highest BCUT2D eigenvalue weighted by molar-refractivity contribution is 5.95. The van der Waals surface area contributed by atoms with Crippen molar-refractivity contribution in [3.8, 4) is 0 Å². The summed E-state index contributed by atoms with van der Waals surface area (Å²) in [5.74, 6) is 0.141. The van der Waals surface area contributed by atoms with Crippen molar-refractivity contribution in [2.24, 2.45) is 18.9 Å². The van der Waals surface area contributed by atoms with Crippen LogP contribution in [0.15, 0.2) is 12.5 Å². The smallest absolute Gasteiger partial charge is 0.324 e. The Labute approximate surface area is 166 Å². The molecule has 2 fully saturated rings. The van der Waals surface area contributed by atoms with Crippen LogP contribution in [-0.4, -0.2) is 69.8 Å². The van der Waals surface area contributed by atoms with E-state index in [1.54, 1.807) is 6.33 Å². The summed E-state index contributed by atoms with van der Waals surface area (Å²) in [6.07, 6.45) is 7.03. The monoisotopic (exact) mass is 389 g/mol. The van der Waals surface area contributed by atoms with Crippen LogP contribution in [0.1, 0.15) is 38.3 Å². The van der Waals surface area contributed by atoms with Gasteiger partial charge in [-0.15, -0.1) is 0 Å². The van der Waals surface area contributed by atoms with Crippen molar-refractivity contribution >= 4 is 17.7 Å². The summed E-state index contributed by atoms with van der Waals surface area (Å²) in [7, 11) is 3.92. The van der Waals surface area contributed by atoms with Crippen LogP contribution in [0, 0.1) is 11.8 Å². The average Bonchev–Trinajstić information content (AvgIpc) is 3.07. The predicted molar refractivity (Wildman–Crippen MR) is 105 cm³/mol. The van der Waals surface area contributed by atoms with E-state index in [1.807, 2.05) is 31.8 Å². The second kappa shape index (κ2) is 8.86. The number of imide groups is 1. The van der Waals surface area contributed by atoms with Gasteiger partial charge in [-0.05, 0) is 32.7 Å². The third kappa shape index (κ3) is 4.60. The van der Waals surface area contributed by atoms with Gasteiger partial charge in [-0.1, -0.05) is 0 Å². The number of piperidine rings is 1. The zero-order valence-corrected chi connectivity index (χ0v) is 17.1. The average molecular weight is 390 g/mol. The van der Waals surface area contributed by atoms with Crippen molar-refractivity contribution < 1.29 is 14.4 Å². The van der Waals surface area contributed by atoms with E-state index < -0.39 is 0 Å². The molecule has 3 amide bonds. The normalized spacial score (nSPS) is 25.2. The van der Waals surface area contributed by atoms with Crippen LogP contribution in [0.2, 0.25) is 0 Å². The van der Waals surface area contributed by atoms with Crippen molar-refractivity contribution in [2.75, 3.05) is 26.7 Å². The van der Waals surface area contributed by atoms with Crippen LogP contribution in [0.4, 0.5) is 4.79 Å². The van der Waals surface area contributed by atoms with Gasteiger partial charge in [0.05, 0.1) is 17.9 Å². The minimum atomic E-state index is -0.354. The third-order valence-corrected chi connectivity index (χ3v) is 6.01. The summed E-state index contributed by atoms with van der Waals surface area (Å²) in [5.41, 5.74) is 0.902. The number of imidazole rings is 1. The number of amides is 3. The Morgan fingerprint density at radius 2 is 2.14 bits per heavy atom. The molecule has 3 rings (SSSR count). The number of hydrogen-bond donors (Lipinski definition) is 1. The molecule has 1 saturated carbocycles. The van der Waals surface area contributed by atoms with Crippen molar-refractivity contribution in [1.82, 2.24) is 24.7 Å². The molecule has 154 valence electrons. The molecule has 0 unspecified atom stereocenters. The highest BCUT2D eigenvalue weighted by Crippen LogP contribution is 2.36. The molecule has 2 aliphatic rings. The molecule has 1 N–H and O–H groups in total. The molecular weight excluding hydrogens is 358 g/mol. The minimum absolute atomic E-state index is 0.138. The Bertz CT molecular complexity index is 731. The fraction of sp³-hybridized carbons (Fsp3) is 0.700. The predicted octanol–water partition coefficient (Wildman–Crippen LogP) is 1.21. The first-order valence-electron chi connectivity index (χ1n) is 10.2. The van der Waals surface area contributed by atoms with Crippen LogP contribution >= 0.6 is 0 Å². The van der Waals surface area contributed by atoms with E-state index in [1.165, 1.54) is 4.90 Å². The largest absolute Gasteiger partial charge is 0.340 e. The number of nitrogens with zero attached hydrogens (tertiary/aromatic N) is 4. The topological polar surface area (TPSA) is 87.5 Å². The summed E-state index contributed by atoms with van der Waals surface area (Å²) in [6.45, 7) is 3.23. The summed E-state index contributed by atoms with van der Waals surface area (Å²) in [4.78, 5) is 45.2. The lowest BCUT2D eigenvalue weighted by atomic mass is 9.74. The number of Topliss-reactive ketones (excluding diaryl/α,β-unsaturated/α-hetero) is 1. The molecule has 28 heavy (non-hydrogen) atoms. The lowest BCUT2D eigenvalue weighted by molar-refractivity contribution is -0.138. The van der Waals surface area contributed by atoms with Crippen molar-refractivity contribution in [1.29, 1.82) is 0 Å². The van der Waals surface area contributed by atoms with Gasteiger partial charge in [-0.3, -0.25) is 14.5 Å². The van der Waals surface area contributed by atoms with Gasteiger partial charge in [0, 0.05) is 58.2 Å². The zero-order chi connectivity index (χ0) is 20.3. The summed E-state index contributed by atoms with van der Waals surface area (Å²) >= 11 is 0. The number of hydrogen-bond acceptors (Lipinski definition) is 5. The van der Waals surface area contributed by atoms with Gasteiger partial charge < -0.3 is 14.8 Å². The molecule has 3 atom stereocenters. The van der Waals surface area contributed by atoms with E-state index in [-0.39, 0.29) is 23.8 Å². The van der Waals surface area contributed by atoms with E-state index in [4.69, 9.17) is 0 Å². The van der Waals surface area contributed by atoms with Crippen LogP contribution < -0.4 is 5.32 Å². The molecule has 8 heteroatoms. The van der Waals surface area contributed by atoms with E-state index in [9.17, 15) is 14.4 Å². The first-order chi connectivity index (χ1) is 13.4. The van der Waals surface area contributed by atoms with E-state index in [0.29, 0.717) is 57.1 Å².